The monoisotopic (exact) mass is 234 g/mol. The van der Waals surface area contributed by atoms with Gasteiger partial charge in [0.1, 0.15) is 5.82 Å². The van der Waals surface area contributed by atoms with E-state index in [2.05, 4.69) is 23.0 Å². The van der Waals surface area contributed by atoms with Gasteiger partial charge in [-0.25, -0.2) is 4.98 Å². The quantitative estimate of drug-likeness (QED) is 0.882. The van der Waals surface area contributed by atoms with Gasteiger partial charge < -0.3 is 4.98 Å². The first-order valence-corrected chi connectivity index (χ1v) is 6.27. The molecule has 0 aliphatic heterocycles. The fourth-order valence-corrected chi connectivity index (χ4v) is 2.32. The zero-order valence-electron chi connectivity index (χ0n) is 9.19. The Bertz CT molecular complexity index is 502. The highest BCUT2D eigenvalue weighted by molar-refractivity contribution is 7.09. The van der Waals surface area contributed by atoms with Crippen molar-refractivity contribution in [1.29, 1.82) is 0 Å². The van der Waals surface area contributed by atoms with Gasteiger partial charge in [-0.1, -0.05) is 19.4 Å². The molecule has 1 N–H and O–H groups in total. The Hall–Kier alpha value is -1.42. The van der Waals surface area contributed by atoms with E-state index < -0.39 is 0 Å². The molecule has 0 unspecified atom stereocenters. The van der Waals surface area contributed by atoms with E-state index in [0.29, 0.717) is 6.42 Å². The Morgan fingerprint density at radius 3 is 3.06 bits per heavy atom. The molecule has 2 aromatic rings. The predicted molar refractivity (Wildman–Crippen MR) is 66.0 cm³/mol. The maximum Gasteiger partial charge on any atom is 0.251 e. The van der Waals surface area contributed by atoms with Gasteiger partial charge in [0.15, 0.2) is 0 Å². The molecule has 0 atom stereocenters. The van der Waals surface area contributed by atoms with Crippen LogP contribution in [-0.4, -0.2) is 9.97 Å². The van der Waals surface area contributed by atoms with E-state index in [4.69, 9.17) is 0 Å². The van der Waals surface area contributed by atoms with Gasteiger partial charge in [-0.05, 0) is 17.9 Å². The van der Waals surface area contributed by atoms with Gasteiger partial charge in [0.25, 0.3) is 5.56 Å². The number of nitrogens with zero attached hydrogens (tertiary/aromatic N) is 1. The molecular weight excluding hydrogens is 220 g/mol. The van der Waals surface area contributed by atoms with Gasteiger partial charge in [-0.3, -0.25) is 4.79 Å². The minimum Gasteiger partial charge on any atom is -0.310 e. The summed E-state index contributed by atoms with van der Waals surface area (Å²) in [6.45, 7) is 2.09. The molecule has 0 saturated heterocycles. The second-order valence-electron chi connectivity index (χ2n) is 3.69. The van der Waals surface area contributed by atoms with Gasteiger partial charge in [0.2, 0.25) is 0 Å². The molecule has 0 aliphatic rings. The molecule has 0 fully saturated rings. The Labute approximate surface area is 98.2 Å². The minimum atomic E-state index is -0.0509. The van der Waals surface area contributed by atoms with Gasteiger partial charge >= 0.3 is 0 Å². The van der Waals surface area contributed by atoms with Crippen LogP contribution in [0.4, 0.5) is 0 Å². The smallest absolute Gasteiger partial charge is 0.251 e. The minimum absolute atomic E-state index is 0.0509. The summed E-state index contributed by atoms with van der Waals surface area (Å²) in [5.41, 5.74) is 0.836. The SMILES string of the molecule is CCCc1cc(=O)[nH]c(Cc2cccs2)n1. The first kappa shape index (κ1) is 11.1. The molecule has 0 bridgehead atoms. The highest BCUT2D eigenvalue weighted by Gasteiger charge is 2.02. The number of H-pyrrole nitrogens is 1. The van der Waals surface area contributed by atoms with Crippen molar-refractivity contribution in [2.45, 2.75) is 26.2 Å². The summed E-state index contributed by atoms with van der Waals surface area (Å²) >= 11 is 1.68. The molecule has 84 valence electrons. The molecule has 0 amide bonds. The van der Waals surface area contributed by atoms with Gasteiger partial charge in [0.05, 0.1) is 0 Å². The molecule has 0 aromatic carbocycles. The summed E-state index contributed by atoms with van der Waals surface area (Å²) in [6, 6.07) is 5.65. The Balaban J connectivity index is 2.23. The van der Waals surface area contributed by atoms with Crippen LogP contribution in [-0.2, 0) is 12.8 Å². The van der Waals surface area contributed by atoms with E-state index in [1.54, 1.807) is 17.4 Å². The van der Waals surface area contributed by atoms with E-state index in [9.17, 15) is 4.79 Å². The Morgan fingerprint density at radius 2 is 2.38 bits per heavy atom. The Morgan fingerprint density at radius 1 is 1.50 bits per heavy atom. The van der Waals surface area contributed by atoms with Crippen molar-refractivity contribution in [3.63, 3.8) is 0 Å². The van der Waals surface area contributed by atoms with Crippen LogP contribution in [0.5, 0.6) is 0 Å². The van der Waals surface area contributed by atoms with E-state index in [1.165, 1.54) is 4.88 Å². The zero-order chi connectivity index (χ0) is 11.4. The van der Waals surface area contributed by atoms with Gasteiger partial charge in [-0.2, -0.15) is 0 Å². The van der Waals surface area contributed by atoms with Crippen molar-refractivity contribution in [3.05, 3.63) is 50.3 Å². The normalized spacial score (nSPS) is 10.6. The topological polar surface area (TPSA) is 45.8 Å². The molecule has 3 nitrogen and oxygen atoms in total. The molecule has 0 saturated carbocycles. The summed E-state index contributed by atoms with van der Waals surface area (Å²) < 4.78 is 0. The number of aryl methyl sites for hydroxylation is 1. The molecule has 4 heteroatoms. The van der Waals surface area contributed by atoms with Crippen molar-refractivity contribution in [3.8, 4) is 0 Å². The van der Waals surface area contributed by atoms with Crippen molar-refractivity contribution in [1.82, 2.24) is 9.97 Å². The average molecular weight is 234 g/mol. The van der Waals surface area contributed by atoms with Crippen molar-refractivity contribution >= 4 is 11.3 Å². The molecule has 0 radical (unpaired) electrons. The lowest BCUT2D eigenvalue weighted by molar-refractivity contribution is 0.834. The predicted octanol–water partition coefficient (Wildman–Crippen LogP) is 2.37. The number of hydrogen-bond acceptors (Lipinski definition) is 3. The summed E-state index contributed by atoms with van der Waals surface area (Å²) in [5.74, 6) is 0.762. The van der Waals surface area contributed by atoms with Crippen LogP contribution < -0.4 is 5.56 Å². The van der Waals surface area contributed by atoms with Crippen LogP contribution in [0, 0.1) is 0 Å². The standard InChI is InChI=1S/C12H14N2OS/c1-2-4-9-7-12(15)14-11(13-9)8-10-5-3-6-16-10/h3,5-7H,2,4,8H2,1H3,(H,13,14,15). The number of thiophene rings is 1. The average Bonchev–Trinajstić information content (AvgIpc) is 2.70. The maximum atomic E-state index is 11.4. The van der Waals surface area contributed by atoms with E-state index in [-0.39, 0.29) is 5.56 Å². The molecule has 2 heterocycles. The fraction of sp³-hybridized carbons (Fsp3) is 0.333. The zero-order valence-corrected chi connectivity index (χ0v) is 10.0. The highest BCUT2D eigenvalue weighted by atomic mass is 32.1. The fourth-order valence-electron chi connectivity index (χ4n) is 1.61. The number of nitrogens with one attached hydrogen (secondary N) is 1. The summed E-state index contributed by atoms with van der Waals surface area (Å²) in [6.07, 6.45) is 2.58. The molecule has 2 aromatic heterocycles. The summed E-state index contributed by atoms with van der Waals surface area (Å²) in [4.78, 5) is 19.9. The lowest BCUT2D eigenvalue weighted by Gasteiger charge is -2.01. The molecule has 16 heavy (non-hydrogen) atoms. The van der Waals surface area contributed by atoms with Crippen LogP contribution in [0.1, 0.15) is 29.7 Å². The Kier molecular flexibility index (Phi) is 3.51. The first-order chi connectivity index (χ1) is 7.78. The van der Waals surface area contributed by atoms with Gasteiger partial charge in [-0.15, -0.1) is 11.3 Å². The van der Waals surface area contributed by atoms with Crippen molar-refractivity contribution < 1.29 is 0 Å². The van der Waals surface area contributed by atoms with E-state index in [1.807, 2.05) is 11.4 Å². The summed E-state index contributed by atoms with van der Waals surface area (Å²) in [5, 5.41) is 2.03. The lowest BCUT2D eigenvalue weighted by Crippen LogP contribution is -2.12. The van der Waals surface area contributed by atoms with Crippen LogP contribution in [0.3, 0.4) is 0 Å². The third kappa shape index (κ3) is 2.79. The van der Waals surface area contributed by atoms with Gasteiger partial charge in [0, 0.05) is 23.1 Å². The number of rotatable bonds is 4. The largest absolute Gasteiger partial charge is 0.310 e. The summed E-state index contributed by atoms with van der Waals surface area (Å²) in [7, 11) is 0. The maximum absolute atomic E-state index is 11.4. The first-order valence-electron chi connectivity index (χ1n) is 5.39. The van der Waals surface area contributed by atoms with Crippen molar-refractivity contribution in [2.75, 3.05) is 0 Å². The molecular formula is C12H14N2OS. The van der Waals surface area contributed by atoms with Crippen LogP contribution in [0.2, 0.25) is 0 Å². The van der Waals surface area contributed by atoms with Crippen LogP contribution >= 0.6 is 11.3 Å². The molecule has 2 rings (SSSR count). The molecule has 0 spiro atoms. The van der Waals surface area contributed by atoms with E-state index in [0.717, 1.165) is 24.4 Å². The van der Waals surface area contributed by atoms with Crippen LogP contribution in [0.25, 0.3) is 0 Å². The number of aromatic nitrogens is 2. The number of hydrogen-bond donors (Lipinski definition) is 1. The van der Waals surface area contributed by atoms with Crippen LogP contribution in [0.15, 0.2) is 28.4 Å². The second kappa shape index (κ2) is 5.07. The lowest BCUT2D eigenvalue weighted by atomic mass is 10.2. The number of aromatic amines is 1. The third-order valence-electron chi connectivity index (χ3n) is 2.27. The second-order valence-corrected chi connectivity index (χ2v) is 4.72. The molecule has 0 aliphatic carbocycles. The highest BCUT2D eigenvalue weighted by Crippen LogP contribution is 2.11. The van der Waals surface area contributed by atoms with Crippen molar-refractivity contribution in [2.24, 2.45) is 0 Å². The van der Waals surface area contributed by atoms with E-state index >= 15 is 0 Å². The third-order valence-corrected chi connectivity index (χ3v) is 3.15.